The molecule has 2 aromatic carbocycles. The fourth-order valence-corrected chi connectivity index (χ4v) is 2.47. The second-order valence-corrected chi connectivity index (χ2v) is 4.59. The van der Waals surface area contributed by atoms with Gasteiger partial charge in [0.25, 0.3) is 0 Å². The number of para-hydroxylation sites is 1. The fraction of sp³-hybridized carbons (Fsp3) is 0.0667. The third-order valence-electron chi connectivity index (χ3n) is 3.32. The summed E-state index contributed by atoms with van der Waals surface area (Å²) in [6.07, 6.45) is 0. The Balaban J connectivity index is 2.35. The number of nitrogens with zero attached hydrogens (tertiary/aromatic N) is 3. The zero-order valence-electron chi connectivity index (χ0n) is 9.96. The van der Waals surface area contributed by atoms with Crippen LogP contribution in [0.3, 0.4) is 0 Å². The van der Waals surface area contributed by atoms with Crippen LogP contribution < -0.4 is 0 Å². The summed E-state index contributed by atoms with van der Waals surface area (Å²) >= 11 is 0. The monoisotopic (exact) mass is 233 g/mol. The van der Waals surface area contributed by atoms with Gasteiger partial charge in [0, 0.05) is 5.39 Å². The van der Waals surface area contributed by atoms with Crippen LogP contribution in [0.2, 0.25) is 0 Å². The molecule has 0 aliphatic rings. The highest BCUT2D eigenvalue weighted by molar-refractivity contribution is 5.91. The van der Waals surface area contributed by atoms with Crippen LogP contribution in [0.25, 0.3) is 27.6 Å². The summed E-state index contributed by atoms with van der Waals surface area (Å²) in [7, 11) is 0. The van der Waals surface area contributed by atoms with E-state index in [1.807, 2.05) is 18.2 Å². The zero-order chi connectivity index (χ0) is 12.1. The molecule has 0 saturated heterocycles. The molecule has 0 unspecified atom stereocenters. The van der Waals surface area contributed by atoms with Crippen LogP contribution in [0.4, 0.5) is 0 Å². The van der Waals surface area contributed by atoms with E-state index in [1.165, 1.54) is 16.5 Å². The molecule has 0 amide bonds. The van der Waals surface area contributed by atoms with Gasteiger partial charge in [-0.15, -0.1) is 10.2 Å². The minimum atomic E-state index is 0.898. The highest BCUT2D eigenvalue weighted by atomic mass is 15.2. The van der Waals surface area contributed by atoms with Crippen molar-refractivity contribution in [2.75, 3.05) is 0 Å². The second-order valence-electron chi connectivity index (χ2n) is 4.59. The summed E-state index contributed by atoms with van der Waals surface area (Å²) in [5, 5.41) is 9.75. The van der Waals surface area contributed by atoms with Gasteiger partial charge in [-0.3, -0.25) is 4.40 Å². The third kappa shape index (κ3) is 1.19. The van der Waals surface area contributed by atoms with Crippen LogP contribution >= 0.6 is 0 Å². The van der Waals surface area contributed by atoms with E-state index >= 15 is 0 Å². The molecule has 3 nitrogen and oxygen atoms in total. The molecule has 86 valence electrons. The molecule has 0 bridgehead atoms. The first-order valence-electron chi connectivity index (χ1n) is 5.96. The first-order chi connectivity index (χ1) is 8.83. The van der Waals surface area contributed by atoms with E-state index in [9.17, 15) is 0 Å². The maximum absolute atomic E-state index is 4.29. The molecule has 0 aliphatic carbocycles. The molecule has 0 radical (unpaired) electrons. The van der Waals surface area contributed by atoms with Crippen LogP contribution in [-0.4, -0.2) is 14.6 Å². The second kappa shape index (κ2) is 3.29. The molecule has 0 saturated carbocycles. The Morgan fingerprint density at radius 2 is 1.78 bits per heavy atom. The van der Waals surface area contributed by atoms with Gasteiger partial charge in [0.15, 0.2) is 5.65 Å². The SMILES string of the molecule is Cc1ccc2cc3nnc4ccccc4n3c2c1. The molecular weight excluding hydrogens is 222 g/mol. The predicted molar refractivity (Wildman–Crippen MR) is 72.7 cm³/mol. The molecule has 0 spiro atoms. The Hall–Kier alpha value is -2.42. The van der Waals surface area contributed by atoms with Crippen LogP contribution in [0.15, 0.2) is 48.5 Å². The lowest BCUT2D eigenvalue weighted by atomic mass is 10.2. The van der Waals surface area contributed by atoms with E-state index < -0.39 is 0 Å². The molecule has 0 atom stereocenters. The fourth-order valence-electron chi connectivity index (χ4n) is 2.47. The number of aryl methyl sites for hydroxylation is 1. The van der Waals surface area contributed by atoms with Crippen molar-refractivity contribution in [2.45, 2.75) is 6.92 Å². The minimum absolute atomic E-state index is 0.898. The topological polar surface area (TPSA) is 30.2 Å². The number of benzene rings is 2. The maximum Gasteiger partial charge on any atom is 0.160 e. The first kappa shape index (κ1) is 9.59. The quantitative estimate of drug-likeness (QED) is 0.466. The van der Waals surface area contributed by atoms with Crippen LogP contribution in [0, 0.1) is 6.92 Å². The predicted octanol–water partition coefficient (Wildman–Crippen LogP) is 3.34. The average Bonchev–Trinajstić information content (AvgIpc) is 2.77. The van der Waals surface area contributed by atoms with Crippen molar-refractivity contribution in [1.82, 2.24) is 14.6 Å². The van der Waals surface area contributed by atoms with Gasteiger partial charge < -0.3 is 0 Å². The first-order valence-corrected chi connectivity index (χ1v) is 5.96. The van der Waals surface area contributed by atoms with E-state index in [0.717, 1.165) is 16.7 Å². The van der Waals surface area contributed by atoms with Gasteiger partial charge >= 0.3 is 0 Å². The summed E-state index contributed by atoms with van der Waals surface area (Å²) in [6, 6.07) is 16.6. The minimum Gasteiger partial charge on any atom is -0.291 e. The molecule has 3 heteroatoms. The molecule has 18 heavy (non-hydrogen) atoms. The Morgan fingerprint density at radius 1 is 0.889 bits per heavy atom. The standard InChI is InChI=1S/C15H11N3/c1-10-6-7-11-9-15-17-16-12-4-2-3-5-13(12)18(15)14(11)8-10/h2-9H,1H3. The van der Waals surface area contributed by atoms with E-state index in [2.05, 4.69) is 51.9 Å². The van der Waals surface area contributed by atoms with Gasteiger partial charge in [0.2, 0.25) is 0 Å². The van der Waals surface area contributed by atoms with Gasteiger partial charge in [-0.1, -0.05) is 24.3 Å². The van der Waals surface area contributed by atoms with E-state index in [-0.39, 0.29) is 0 Å². The highest BCUT2D eigenvalue weighted by Gasteiger charge is 2.07. The molecule has 0 aliphatic heterocycles. The lowest BCUT2D eigenvalue weighted by Gasteiger charge is -2.02. The van der Waals surface area contributed by atoms with E-state index in [1.54, 1.807) is 0 Å². The zero-order valence-corrected chi connectivity index (χ0v) is 9.96. The van der Waals surface area contributed by atoms with Crippen LogP contribution in [0.5, 0.6) is 0 Å². The van der Waals surface area contributed by atoms with E-state index in [4.69, 9.17) is 0 Å². The summed E-state index contributed by atoms with van der Waals surface area (Å²) in [5.74, 6) is 0. The van der Waals surface area contributed by atoms with Crippen molar-refractivity contribution in [2.24, 2.45) is 0 Å². The van der Waals surface area contributed by atoms with Crippen LogP contribution in [0.1, 0.15) is 5.56 Å². The number of fused-ring (bicyclic) bond motifs is 5. The van der Waals surface area contributed by atoms with E-state index in [0.29, 0.717) is 0 Å². The lowest BCUT2D eigenvalue weighted by Crippen LogP contribution is -1.93. The number of hydrogen-bond acceptors (Lipinski definition) is 2. The largest absolute Gasteiger partial charge is 0.291 e. The van der Waals surface area contributed by atoms with Gasteiger partial charge in [-0.05, 0) is 36.8 Å². The maximum atomic E-state index is 4.29. The van der Waals surface area contributed by atoms with Crippen molar-refractivity contribution >= 4 is 27.6 Å². The highest BCUT2D eigenvalue weighted by Crippen LogP contribution is 2.23. The smallest absolute Gasteiger partial charge is 0.160 e. The Labute approximate surface area is 104 Å². The lowest BCUT2D eigenvalue weighted by molar-refractivity contribution is 1.06. The Morgan fingerprint density at radius 3 is 2.72 bits per heavy atom. The van der Waals surface area contributed by atoms with Crippen molar-refractivity contribution in [3.05, 3.63) is 54.1 Å². The normalized spacial score (nSPS) is 11.6. The molecular formula is C15H11N3. The molecule has 2 heterocycles. The molecule has 4 aromatic rings. The van der Waals surface area contributed by atoms with Crippen LogP contribution in [-0.2, 0) is 0 Å². The van der Waals surface area contributed by atoms with Crippen molar-refractivity contribution in [1.29, 1.82) is 0 Å². The summed E-state index contributed by atoms with van der Waals surface area (Å²) in [4.78, 5) is 0. The van der Waals surface area contributed by atoms with Crippen molar-refractivity contribution in [3.63, 3.8) is 0 Å². The number of hydrogen-bond donors (Lipinski definition) is 0. The van der Waals surface area contributed by atoms with Gasteiger partial charge in [0.05, 0.1) is 11.0 Å². The number of rotatable bonds is 0. The molecule has 4 rings (SSSR count). The average molecular weight is 233 g/mol. The van der Waals surface area contributed by atoms with Crippen molar-refractivity contribution in [3.8, 4) is 0 Å². The summed E-state index contributed by atoms with van der Waals surface area (Å²) < 4.78 is 2.17. The van der Waals surface area contributed by atoms with Gasteiger partial charge in [0.1, 0.15) is 5.52 Å². The third-order valence-corrected chi connectivity index (χ3v) is 3.32. The molecule has 2 aromatic heterocycles. The van der Waals surface area contributed by atoms with Gasteiger partial charge in [-0.25, -0.2) is 0 Å². The molecule has 0 fully saturated rings. The molecule has 0 N–H and O–H groups in total. The van der Waals surface area contributed by atoms with Gasteiger partial charge in [-0.2, -0.15) is 0 Å². The van der Waals surface area contributed by atoms with Crippen molar-refractivity contribution < 1.29 is 0 Å². The number of aromatic nitrogens is 3. The summed E-state index contributed by atoms with van der Waals surface area (Å²) in [5.41, 5.74) is 5.36. The summed E-state index contributed by atoms with van der Waals surface area (Å²) in [6.45, 7) is 2.11. The Bertz CT molecular complexity index is 890. The Kier molecular flexibility index (Phi) is 1.75.